The molecule has 14 heavy (non-hydrogen) atoms. The molecule has 3 N–H and O–H groups in total. The highest BCUT2D eigenvalue weighted by molar-refractivity contribution is 5.02. The van der Waals surface area contributed by atoms with Gasteiger partial charge in [-0.1, -0.05) is 0 Å². The van der Waals surface area contributed by atoms with Gasteiger partial charge in [0, 0.05) is 6.04 Å². The average molecular weight is 198 g/mol. The minimum Gasteiger partial charge on any atom is -0.391 e. The molecule has 0 amide bonds. The molecule has 5 heteroatoms. The second-order valence-corrected chi connectivity index (χ2v) is 3.84. The molecule has 0 bridgehead atoms. The van der Waals surface area contributed by atoms with E-state index in [4.69, 9.17) is 5.73 Å². The Morgan fingerprint density at radius 1 is 1.29 bits per heavy atom. The van der Waals surface area contributed by atoms with E-state index in [0.29, 0.717) is 5.82 Å². The second kappa shape index (κ2) is 4.06. The molecule has 1 heterocycles. The lowest BCUT2D eigenvalue weighted by atomic mass is 10.2. The molecule has 0 aromatic carbocycles. The van der Waals surface area contributed by atoms with Crippen LogP contribution in [0.5, 0.6) is 0 Å². The minimum absolute atomic E-state index is 0.254. The fourth-order valence-electron chi connectivity index (χ4n) is 1.47. The number of aliphatic hydroxyl groups is 1. The van der Waals surface area contributed by atoms with E-state index in [9.17, 15) is 5.11 Å². The molecule has 1 aromatic heterocycles. The molecule has 0 radical (unpaired) electrons. The van der Waals surface area contributed by atoms with E-state index < -0.39 is 12.1 Å². The lowest BCUT2D eigenvalue weighted by molar-refractivity contribution is 0.158. The van der Waals surface area contributed by atoms with Crippen molar-refractivity contribution < 1.29 is 5.11 Å². The molecular weight excluding hydrogens is 180 g/mol. The number of hydrogen-bond acceptors (Lipinski definition) is 4. The number of nitrogens with two attached hydrogens (primary N) is 1. The lowest BCUT2D eigenvalue weighted by Crippen LogP contribution is -2.27. The van der Waals surface area contributed by atoms with E-state index in [2.05, 4.69) is 10.2 Å². The van der Waals surface area contributed by atoms with Crippen molar-refractivity contribution in [3.8, 4) is 0 Å². The normalized spacial score (nSPS) is 15.9. The first kappa shape index (κ1) is 11.1. The third-order valence-corrected chi connectivity index (χ3v) is 2.23. The van der Waals surface area contributed by atoms with E-state index >= 15 is 0 Å². The van der Waals surface area contributed by atoms with Crippen LogP contribution in [0.4, 0.5) is 0 Å². The van der Waals surface area contributed by atoms with Gasteiger partial charge in [-0.05, 0) is 27.7 Å². The summed E-state index contributed by atoms with van der Waals surface area (Å²) in [5.41, 5.74) is 5.82. The van der Waals surface area contributed by atoms with Gasteiger partial charge in [0.1, 0.15) is 5.82 Å². The summed E-state index contributed by atoms with van der Waals surface area (Å²) in [6.07, 6.45) is -0.615. The predicted molar refractivity (Wildman–Crippen MR) is 53.8 cm³/mol. The first-order valence-electron chi connectivity index (χ1n) is 4.80. The largest absolute Gasteiger partial charge is 0.391 e. The van der Waals surface area contributed by atoms with Gasteiger partial charge < -0.3 is 15.4 Å². The van der Waals surface area contributed by atoms with Crippen LogP contribution < -0.4 is 5.73 Å². The van der Waals surface area contributed by atoms with Crippen molar-refractivity contribution >= 4 is 0 Å². The Balaban J connectivity index is 3.09. The van der Waals surface area contributed by atoms with Crippen molar-refractivity contribution in [3.05, 3.63) is 11.6 Å². The molecule has 0 aliphatic rings. The first-order valence-corrected chi connectivity index (χ1v) is 4.80. The van der Waals surface area contributed by atoms with Gasteiger partial charge in [0.15, 0.2) is 5.82 Å². The standard InChI is InChI=1S/C9H18N4O/c1-5(2)13-7(4)11-12-9(13)8(10)6(3)14/h5-6,8,14H,10H2,1-4H3/t6-,8+/m1/s1. The van der Waals surface area contributed by atoms with Crippen LogP contribution in [0.3, 0.4) is 0 Å². The van der Waals surface area contributed by atoms with E-state index in [1.54, 1.807) is 6.92 Å². The van der Waals surface area contributed by atoms with Crippen molar-refractivity contribution in [1.82, 2.24) is 14.8 Å². The SMILES string of the molecule is Cc1nnc([C@@H](N)[C@@H](C)O)n1C(C)C. The molecule has 80 valence electrons. The number of aryl methyl sites for hydroxylation is 1. The van der Waals surface area contributed by atoms with Gasteiger partial charge in [-0.15, -0.1) is 10.2 Å². The van der Waals surface area contributed by atoms with E-state index in [0.717, 1.165) is 5.82 Å². The highest BCUT2D eigenvalue weighted by Gasteiger charge is 2.21. The monoisotopic (exact) mass is 198 g/mol. The number of hydrogen-bond donors (Lipinski definition) is 2. The summed E-state index contributed by atoms with van der Waals surface area (Å²) < 4.78 is 1.94. The summed E-state index contributed by atoms with van der Waals surface area (Å²) in [7, 11) is 0. The second-order valence-electron chi connectivity index (χ2n) is 3.84. The topological polar surface area (TPSA) is 77.0 Å². The summed E-state index contributed by atoms with van der Waals surface area (Å²) in [6, 6.07) is -0.219. The van der Waals surface area contributed by atoms with Gasteiger partial charge >= 0.3 is 0 Å². The Kier molecular flexibility index (Phi) is 3.23. The molecule has 0 aliphatic carbocycles. The predicted octanol–water partition coefficient (Wildman–Crippen LogP) is 0.548. The van der Waals surface area contributed by atoms with Gasteiger partial charge in [-0.25, -0.2) is 0 Å². The molecule has 0 saturated carbocycles. The number of rotatable bonds is 3. The molecule has 2 atom stereocenters. The number of aliphatic hydroxyl groups excluding tert-OH is 1. The zero-order valence-electron chi connectivity index (χ0n) is 9.10. The van der Waals surface area contributed by atoms with Crippen molar-refractivity contribution in [3.63, 3.8) is 0 Å². The number of nitrogens with zero attached hydrogens (tertiary/aromatic N) is 3. The third-order valence-electron chi connectivity index (χ3n) is 2.23. The van der Waals surface area contributed by atoms with Gasteiger partial charge in [0.05, 0.1) is 12.1 Å². The maximum Gasteiger partial charge on any atom is 0.152 e. The Bertz CT molecular complexity index is 306. The van der Waals surface area contributed by atoms with E-state index in [1.165, 1.54) is 0 Å². The van der Waals surface area contributed by atoms with Crippen molar-refractivity contribution in [2.24, 2.45) is 5.73 Å². The van der Waals surface area contributed by atoms with Crippen LogP contribution in [0.15, 0.2) is 0 Å². The molecular formula is C9H18N4O. The zero-order valence-corrected chi connectivity index (χ0v) is 9.10. The highest BCUT2D eigenvalue weighted by atomic mass is 16.3. The summed E-state index contributed by atoms with van der Waals surface area (Å²) in [5.74, 6) is 1.47. The van der Waals surface area contributed by atoms with Gasteiger partial charge in [-0.3, -0.25) is 0 Å². The van der Waals surface area contributed by atoms with Crippen molar-refractivity contribution in [2.45, 2.75) is 45.9 Å². The fourth-order valence-corrected chi connectivity index (χ4v) is 1.47. The van der Waals surface area contributed by atoms with Crippen molar-refractivity contribution in [1.29, 1.82) is 0 Å². The molecule has 0 aliphatic heterocycles. The first-order chi connectivity index (χ1) is 6.45. The maximum atomic E-state index is 9.38. The van der Waals surface area contributed by atoms with Crippen LogP contribution >= 0.6 is 0 Å². The Hall–Kier alpha value is -0.940. The summed E-state index contributed by atoms with van der Waals surface area (Å²) in [6.45, 7) is 7.61. The molecule has 0 unspecified atom stereocenters. The van der Waals surface area contributed by atoms with Gasteiger partial charge in [0.25, 0.3) is 0 Å². The molecule has 5 nitrogen and oxygen atoms in total. The van der Waals surface area contributed by atoms with Crippen LogP contribution in [0.25, 0.3) is 0 Å². The Labute approximate surface area is 83.9 Å². The third kappa shape index (κ3) is 1.93. The maximum absolute atomic E-state index is 9.38. The quantitative estimate of drug-likeness (QED) is 0.743. The molecule has 0 fully saturated rings. The average Bonchev–Trinajstić information content (AvgIpc) is 2.45. The van der Waals surface area contributed by atoms with Crippen LogP contribution in [-0.4, -0.2) is 26.0 Å². The van der Waals surface area contributed by atoms with Gasteiger partial charge in [0.2, 0.25) is 0 Å². The summed E-state index contributed by atoms with van der Waals surface area (Å²) >= 11 is 0. The van der Waals surface area contributed by atoms with Crippen LogP contribution in [0, 0.1) is 6.92 Å². The fraction of sp³-hybridized carbons (Fsp3) is 0.778. The van der Waals surface area contributed by atoms with E-state index in [-0.39, 0.29) is 6.04 Å². The Morgan fingerprint density at radius 2 is 1.86 bits per heavy atom. The Morgan fingerprint density at radius 3 is 2.29 bits per heavy atom. The molecule has 0 saturated heterocycles. The lowest BCUT2D eigenvalue weighted by Gasteiger charge is -2.18. The number of aromatic nitrogens is 3. The molecule has 0 spiro atoms. The smallest absolute Gasteiger partial charge is 0.152 e. The molecule has 1 aromatic rings. The van der Waals surface area contributed by atoms with Gasteiger partial charge in [-0.2, -0.15) is 0 Å². The highest BCUT2D eigenvalue weighted by Crippen LogP contribution is 2.17. The molecule has 1 rings (SSSR count). The van der Waals surface area contributed by atoms with Crippen LogP contribution in [0.2, 0.25) is 0 Å². The zero-order chi connectivity index (χ0) is 10.9. The summed E-state index contributed by atoms with van der Waals surface area (Å²) in [4.78, 5) is 0. The van der Waals surface area contributed by atoms with Crippen LogP contribution in [0.1, 0.15) is 44.5 Å². The van der Waals surface area contributed by atoms with Crippen molar-refractivity contribution in [2.75, 3.05) is 0 Å². The summed E-state index contributed by atoms with van der Waals surface area (Å²) in [5, 5.41) is 17.3. The van der Waals surface area contributed by atoms with Crippen LogP contribution in [-0.2, 0) is 0 Å². The van der Waals surface area contributed by atoms with E-state index in [1.807, 2.05) is 25.3 Å². The minimum atomic E-state index is -0.615.